The van der Waals surface area contributed by atoms with Gasteiger partial charge in [0.1, 0.15) is 5.82 Å². The molecule has 2 aromatic rings. The Morgan fingerprint density at radius 3 is 2.64 bits per heavy atom. The molecular formula is C15H19FN4O2. The van der Waals surface area contributed by atoms with E-state index in [0.29, 0.717) is 17.6 Å². The van der Waals surface area contributed by atoms with Crippen LogP contribution in [0.1, 0.15) is 32.5 Å². The number of hydrogen-bond acceptors (Lipinski definition) is 3. The number of nitrogens with one attached hydrogen (secondary N) is 1. The van der Waals surface area contributed by atoms with Gasteiger partial charge >= 0.3 is 6.03 Å². The van der Waals surface area contributed by atoms with E-state index in [1.165, 1.54) is 17.0 Å². The van der Waals surface area contributed by atoms with Gasteiger partial charge in [-0.2, -0.15) is 5.10 Å². The standard InChI is InChI=1S/C15H19FN4O2/c1-8(2)7-20(15(17)22)9(3)13-11-5-4-10(16)6-12(11)14(21)19-18-13/h4-6,8-9H,7H2,1-3H3,(H2,17,22)(H,19,21). The molecule has 1 aromatic heterocycles. The minimum absolute atomic E-state index is 0.200. The summed E-state index contributed by atoms with van der Waals surface area (Å²) in [5, 5.41) is 7.09. The largest absolute Gasteiger partial charge is 0.351 e. The van der Waals surface area contributed by atoms with E-state index in [2.05, 4.69) is 10.2 Å². The lowest BCUT2D eigenvalue weighted by molar-refractivity contribution is 0.178. The van der Waals surface area contributed by atoms with Gasteiger partial charge in [0.15, 0.2) is 0 Å². The van der Waals surface area contributed by atoms with Gasteiger partial charge in [0.2, 0.25) is 0 Å². The van der Waals surface area contributed by atoms with Crippen LogP contribution in [0, 0.1) is 11.7 Å². The number of aromatic nitrogens is 2. The molecule has 0 aliphatic carbocycles. The van der Waals surface area contributed by atoms with Gasteiger partial charge in [0.25, 0.3) is 5.56 Å². The fourth-order valence-electron chi connectivity index (χ4n) is 2.46. The Labute approximate surface area is 127 Å². The number of halogens is 1. The van der Waals surface area contributed by atoms with Crippen LogP contribution in [0.15, 0.2) is 23.0 Å². The molecule has 0 radical (unpaired) electrons. The third kappa shape index (κ3) is 3.08. The van der Waals surface area contributed by atoms with Gasteiger partial charge in [-0.15, -0.1) is 0 Å². The molecule has 1 aromatic carbocycles. The third-order valence-corrected chi connectivity index (χ3v) is 3.49. The number of nitrogens with two attached hydrogens (primary N) is 1. The van der Waals surface area contributed by atoms with Crippen LogP contribution < -0.4 is 11.3 Å². The number of aromatic amines is 1. The zero-order valence-electron chi connectivity index (χ0n) is 12.8. The first-order valence-corrected chi connectivity index (χ1v) is 7.05. The first-order valence-electron chi connectivity index (χ1n) is 7.05. The van der Waals surface area contributed by atoms with E-state index in [1.54, 1.807) is 6.92 Å². The highest BCUT2D eigenvalue weighted by Gasteiger charge is 2.24. The SMILES string of the molecule is CC(C)CN(C(N)=O)C(C)c1n[nH]c(=O)c2cc(F)ccc12. The number of primary amides is 1. The van der Waals surface area contributed by atoms with Gasteiger partial charge < -0.3 is 10.6 Å². The van der Waals surface area contributed by atoms with Crippen LogP contribution in [0.2, 0.25) is 0 Å². The van der Waals surface area contributed by atoms with Crippen molar-refractivity contribution in [3.63, 3.8) is 0 Å². The summed E-state index contributed by atoms with van der Waals surface area (Å²) in [6.45, 7) is 6.17. The average molecular weight is 306 g/mol. The Hall–Kier alpha value is -2.44. The molecule has 2 rings (SSSR count). The fraction of sp³-hybridized carbons (Fsp3) is 0.400. The molecule has 1 heterocycles. The maximum absolute atomic E-state index is 13.4. The number of rotatable bonds is 4. The molecule has 7 heteroatoms. The number of carbonyl (C=O) groups is 1. The Kier molecular flexibility index (Phi) is 4.44. The Morgan fingerprint density at radius 1 is 1.36 bits per heavy atom. The van der Waals surface area contributed by atoms with Crippen molar-refractivity contribution in [1.82, 2.24) is 15.1 Å². The summed E-state index contributed by atoms with van der Waals surface area (Å²) in [5.41, 5.74) is 5.46. The summed E-state index contributed by atoms with van der Waals surface area (Å²) in [4.78, 5) is 25.0. The van der Waals surface area contributed by atoms with Crippen molar-refractivity contribution >= 4 is 16.8 Å². The molecule has 0 fully saturated rings. The van der Waals surface area contributed by atoms with E-state index < -0.39 is 23.4 Å². The first kappa shape index (κ1) is 15.9. The number of carbonyl (C=O) groups excluding carboxylic acids is 1. The molecule has 0 aliphatic rings. The summed E-state index contributed by atoms with van der Waals surface area (Å²) in [6.07, 6.45) is 0. The summed E-state index contributed by atoms with van der Waals surface area (Å²) in [7, 11) is 0. The quantitative estimate of drug-likeness (QED) is 0.906. The van der Waals surface area contributed by atoms with E-state index >= 15 is 0 Å². The lowest BCUT2D eigenvalue weighted by Crippen LogP contribution is -2.40. The molecule has 6 nitrogen and oxygen atoms in total. The first-order chi connectivity index (χ1) is 10.3. The predicted octanol–water partition coefficient (Wildman–Crippen LogP) is 2.16. The Bertz CT molecular complexity index is 757. The second kappa shape index (κ2) is 6.13. The monoisotopic (exact) mass is 306 g/mol. The van der Waals surface area contributed by atoms with Crippen molar-refractivity contribution in [3.8, 4) is 0 Å². The number of benzene rings is 1. The summed E-state index contributed by atoms with van der Waals surface area (Å²) < 4.78 is 13.4. The van der Waals surface area contributed by atoms with Gasteiger partial charge in [-0.05, 0) is 31.0 Å². The molecule has 0 aliphatic heterocycles. The molecule has 0 spiro atoms. The molecule has 0 bridgehead atoms. The highest BCUT2D eigenvalue weighted by molar-refractivity contribution is 5.84. The molecular weight excluding hydrogens is 287 g/mol. The van der Waals surface area contributed by atoms with Crippen LogP contribution in [-0.2, 0) is 0 Å². The van der Waals surface area contributed by atoms with Crippen LogP contribution >= 0.6 is 0 Å². The van der Waals surface area contributed by atoms with Crippen LogP contribution in [0.25, 0.3) is 10.8 Å². The second-order valence-corrected chi connectivity index (χ2v) is 5.69. The Balaban J connectivity index is 2.56. The normalized spacial score (nSPS) is 12.6. The van der Waals surface area contributed by atoms with Crippen molar-refractivity contribution in [2.45, 2.75) is 26.8 Å². The number of amides is 2. The zero-order valence-corrected chi connectivity index (χ0v) is 12.8. The van der Waals surface area contributed by atoms with E-state index in [1.807, 2.05) is 13.8 Å². The maximum atomic E-state index is 13.4. The smallest absolute Gasteiger partial charge is 0.315 e. The lowest BCUT2D eigenvalue weighted by Gasteiger charge is -2.29. The van der Waals surface area contributed by atoms with Gasteiger partial charge in [0.05, 0.1) is 17.1 Å². The highest BCUT2D eigenvalue weighted by atomic mass is 19.1. The fourth-order valence-corrected chi connectivity index (χ4v) is 2.46. The van der Waals surface area contributed by atoms with Crippen LogP contribution in [-0.4, -0.2) is 27.7 Å². The molecule has 3 N–H and O–H groups in total. The number of fused-ring (bicyclic) bond motifs is 1. The van der Waals surface area contributed by atoms with Crippen molar-refractivity contribution in [3.05, 3.63) is 40.1 Å². The number of hydrogen-bond donors (Lipinski definition) is 2. The minimum atomic E-state index is -0.565. The number of H-pyrrole nitrogens is 1. The van der Waals surface area contributed by atoms with Crippen molar-refractivity contribution in [1.29, 1.82) is 0 Å². The second-order valence-electron chi connectivity index (χ2n) is 5.69. The van der Waals surface area contributed by atoms with Crippen molar-refractivity contribution in [2.24, 2.45) is 11.7 Å². The minimum Gasteiger partial charge on any atom is -0.351 e. The van der Waals surface area contributed by atoms with Gasteiger partial charge in [-0.25, -0.2) is 14.3 Å². The summed E-state index contributed by atoms with van der Waals surface area (Å²) in [6, 6.07) is 2.90. The van der Waals surface area contributed by atoms with E-state index in [0.717, 1.165) is 6.07 Å². The Morgan fingerprint density at radius 2 is 2.05 bits per heavy atom. The molecule has 2 amide bonds. The van der Waals surface area contributed by atoms with Crippen LogP contribution in [0.3, 0.4) is 0 Å². The van der Waals surface area contributed by atoms with Crippen molar-refractivity contribution < 1.29 is 9.18 Å². The third-order valence-electron chi connectivity index (χ3n) is 3.49. The van der Waals surface area contributed by atoms with Crippen LogP contribution in [0.4, 0.5) is 9.18 Å². The number of urea groups is 1. The van der Waals surface area contributed by atoms with Gasteiger partial charge in [0, 0.05) is 11.9 Å². The molecule has 1 atom stereocenters. The van der Waals surface area contributed by atoms with Crippen LogP contribution in [0.5, 0.6) is 0 Å². The lowest BCUT2D eigenvalue weighted by atomic mass is 10.0. The summed E-state index contributed by atoms with van der Waals surface area (Å²) >= 11 is 0. The van der Waals surface area contributed by atoms with E-state index in [4.69, 9.17) is 5.73 Å². The summed E-state index contributed by atoms with van der Waals surface area (Å²) in [5.74, 6) is -0.279. The van der Waals surface area contributed by atoms with E-state index in [-0.39, 0.29) is 11.3 Å². The van der Waals surface area contributed by atoms with Gasteiger partial charge in [-0.3, -0.25) is 4.79 Å². The maximum Gasteiger partial charge on any atom is 0.315 e. The zero-order chi connectivity index (χ0) is 16.4. The van der Waals surface area contributed by atoms with E-state index in [9.17, 15) is 14.0 Å². The molecule has 22 heavy (non-hydrogen) atoms. The topological polar surface area (TPSA) is 92.1 Å². The van der Waals surface area contributed by atoms with Crippen molar-refractivity contribution in [2.75, 3.05) is 6.54 Å². The molecule has 0 saturated heterocycles. The van der Waals surface area contributed by atoms with Gasteiger partial charge in [-0.1, -0.05) is 13.8 Å². The number of nitrogens with zero attached hydrogens (tertiary/aromatic N) is 2. The molecule has 1 unspecified atom stereocenters. The molecule has 118 valence electrons. The molecule has 0 saturated carbocycles. The highest BCUT2D eigenvalue weighted by Crippen LogP contribution is 2.25. The average Bonchev–Trinajstić information content (AvgIpc) is 2.44. The predicted molar refractivity (Wildman–Crippen MR) is 81.9 cm³/mol.